The van der Waals surface area contributed by atoms with Crippen LogP contribution in [-0.4, -0.2) is 54.4 Å². The Morgan fingerprint density at radius 2 is 2.04 bits per heavy atom. The maximum atomic E-state index is 12.3. The van der Waals surface area contributed by atoms with Crippen LogP contribution in [0.3, 0.4) is 0 Å². The number of alkyl halides is 1. The first kappa shape index (κ1) is 16.9. The Morgan fingerprint density at radius 1 is 1.33 bits per heavy atom. The minimum atomic E-state index is -3.18. The predicted molar refractivity (Wildman–Crippen MR) is 90.6 cm³/mol. The van der Waals surface area contributed by atoms with E-state index in [0.29, 0.717) is 12.1 Å². The number of rotatable bonds is 3. The van der Waals surface area contributed by atoms with Crippen LogP contribution in [-0.2, 0) is 19.4 Å². The van der Waals surface area contributed by atoms with E-state index < -0.39 is 21.8 Å². The third-order valence-corrected chi connectivity index (χ3v) is 5.98. The third-order valence-electron chi connectivity index (χ3n) is 4.00. The van der Waals surface area contributed by atoms with Gasteiger partial charge in [-0.1, -0.05) is 18.2 Å². The van der Waals surface area contributed by atoms with Crippen molar-refractivity contribution < 1.29 is 18.0 Å². The number of hydrazone groups is 1. The summed E-state index contributed by atoms with van der Waals surface area (Å²) >= 11 is 5.67. The number of nitrogens with zero attached hydrogens (tertiary/aromatic N) is 3. The van der Waals surface area contributed by atoms with Crippen molar-refractivity contribution in [2.45, 2.75) is 18.9 Å². The van der Waals surface area contributed by atoms with E-state index in [0.717, 1.165) is 0 Å². The summed E-state index contributed by atoms with van der Waals surface area (Å²) in [4.78, 5) is 25.8. The molecule has 0 radical (unpaired) electrons. The first-order valence-corrected chi connectivity index (χ1v) is 9.81. The molecule has 1 aromatic carbocycles. The molecule has 0 N–H and O–H groups in total. The molecular weight excluding hydrogens is 354 g/mol. The highest BCUT2D eigenvalue weighted by atomic mass is 35.5. The van der Waals surface area contributed by atoms with Gasteiger partial charge in [0.15, 0.2) is 9.84 Å². The van der Waals surface area contributed by atoms with Crippen LogP contribution in [0, 0.1) is 0 Å². The van der Waals surface area contributed by atoms with E-state index in [4.69, 9.17) is 11.6 Å². The Labute approximate surface area is 144 Å². The number of halogens is 1. The van der Waals surface area contributed by atoms with Gasteiger partial charge in [-0.2, -0.15) is 10.1 Å². The van der Waals surface area contributed by atoms with Gasteiger partial charge in [0.1, 0.15) is 11.7 Å². The van der Waals surface area contributed by atoms with Gasteiger partial charge in [-0.3, -0.25) is 14.5 Å². The zero-order chi connectivity index (χ0) is 17.3. The van der Waals surface area contributed by atoms with Crippen molar-refractivity contribution >= 4 is 44.8 Å². The molecule has 2 heterocycles. The number of benzene rings is 1. The number of carbonyl (C=O) groups is 2. The first-order valence-electron chi connectivity index (χ1n) is 7.45. The molecule has 2 aliphatic rings. The van der Waals surface area contributed by atoms with Gasteiger partial charge in [0.2, 0.25) is 5.91 Å². The van der Waals surface area contributed by atoms with E-state index in [2.05, 4.69) is 5.10 Å². The fourth-order valence-corrected chi connectivity index (χ4v) is 4.75. The quantitative estimate of drug-likeness (QED) is 0.743. The van der Waals surface area contributed by atoms with Gasteiger partial charge in [0.25, 0.3) is 5.91 Å². The van der Waals surface area contributed by atoms with Crippen LogP contribution < -0.4 is 5.01 Å². The molecule has 9 heteroatoms. The maximum Gasteiger partial charge on any atom is 0.255 e. The first-order chi connectivity index (χ1) is 11.4. The smallest absolute Gasteiger partial charge is 0.255 e. The van der Waals surface area contributed by atoms with E-state index in [1.165, 1.54) is 9.91 Å². The molecule has 24 heavy (non-hydrogen) atoms. The Morgan fingerprint density at radius 3 is 2.62 bits per heavy atom. The highest BCUT2D eigenvalue weighted by Gasteiger charge is 2.40. The van der Waals surface area contributed by atoms with Crippen LogP contribution in [0.1, 0.15) is 12.8 Å². The fraction of sp³-hybridized carbons (Fsp3) is 0.400. The summed E-state index contributed by atoms with van der Waals surface area (Å²) in [6.45, 7) is 0. The average molecular weight is 370 g/mol. The molecule has 128 valence electrons. The van der Waals surface area contributed by atoms with E-state index in [9.17, 15) is 18.0 Å². The van der Waals surface area contributed by atoms with Gasteiger partial charge < -0.3 is 0 Å². The summed E-state index contributed by atoms with van der Waals surface area (Å²) in [5, 5.41) is 5.48. The van der Waals surface area contributed by atoms with Gasteiger partial charge in [-0.05, 0) is 18.6 Å². The van der Waals surface area contributed by atoms with Gasteiger partial charge in [-0.25, -0.2) is 8.42 Å². The summed E-state index contributed by atoms with van der Waals surface area (Å²) in [5.74, 6) is -0.877. The number of amidine groups is 1. The molecule has 0 bridgehead atoms. The highest BCUT2D eigenvalue weighted by molar-refractivity contribution is 7.91. The van der Waals surface area contributed by atoms with Gasteiger partial charge in [0.05, 0.1) is 29.7 Å². The zero-order valence-electron chi connectivity index (χ0n) is 12.8. The maximum absolute atomic E-state index is 12.3. The molecule has 1 fully saturated rings. The summed E-state index contributed by atoms with van der Waals surface area (Å²) in [7, 11) is -3.18. The van der Waals surface area contributed by atoms with Gasteiger partial charge in [-0.15, -0.1) is 11.6 Å². The van der Waals surface area contributed by atoms with Crippen molar-refractivity contribution in [3.63, 3.8) is 0 Å². The van der Waals surface area contributed by atoms with Crippen LogP contribution >= 0.6 is 11.6 Å². The van der Waals surface area contributed by atoms with E-state index in [1.54, 1.807) is 24.3 Å². The van der Waals surface area contributed by atoms with Gasteiger partial charge >= 0.3 is 0 Å². The second-order valence-electron chi connectivity index (χ2n) is 5.69. The van der Waals surface area contributed by atoms with Crippen LogP contribution in [0.15, 0.2) is 35.4 Å². The zero-order valence-corrected chi connectivity index (χ0v) is 14.3. The standard InChI is InChI=1S/C15H16ClN3O4S/c16-9-15(21)18(12-6-7-24(22,23)10-12)13-8-14(20)19(17-13)11-4-2-1-3-5-11/h1-5,12H,6-10H2. The summed E-state index contributed by atoms with van der Waals surface area (Å²) in [6, 6.07) is 8.32. The molecule has 3 rings (SSSR count). The summed E-state index contributed by atoms with van der Waals surface area (Å²) in [5.41, 5.74) is 0.592. The lowest BCUT2D eigenvalue weighted by atomic mass is 10.2. The Hall–Kier alpha value is -1.93. The minimum absolute atomic E-state index is 0.0212. The van der Waals surface area contributed by atoms with Crippen molar-refractivity contribution in [3.8, 4) is 0 Å². The molecule has 0 aromatic heterocycles. The second-order valence-corrected chi connectivity index (χ2v) is 8.18. The van der Waals surface area contributed by atoms with Crippen molar-refractivity contribution in [1.82, 2.24) is 4.90 Å². The minimum Gasteiger partial charge on any atom is -0.293 e. The van der Waals surface area contributed by atoms with Crippen molar-refractivity contribution in [3.05, 3.63) is 30.3 Å². The van der Waals surface area contributed by atoms with Crippen LogP contribution in [0.4, 0.5) is 5.69 Å². The normalized spacial score (nSPS) is 22.5. The van der Waals surface area contributed by atoms with E-state index in [1.807, 2.05) is 6.07 Å². The lowest BCUT2D eigenvalue weighted by Crippen LogP contribution is -2.45. The number of hydrogen-bond acceptors (Lipinski definition) is 5. The number of para-hydroxylation sites is 1. The van der Waals surface area contributed by atoms with Gasteiger partial charge in [0, 0.05) is 0 Å². The number of carbonyl (C=O) groups excluding carboxylic acids is 2. The molecule has 1 saturated heterocycles. The number of amides is 2. The lowest BCUT2D eigenvalue weighted by molar-refractivity contribution is -0.126. The molecule has 0 saturated carbocycles. The number of hydrogen-bond donors (Lipinski definition) is 0. The second kappa shape index (κ2) is 6.52. The van der Waals surface area contributed by atoms with Crippen LogP contribution in [0.25, 0.3) is 0 Å². The highest BCUT2D eigenvalue weighted by Crippen LogP contribution is 2.25. The topological polar surface area (TPSA) is 87.1 Å². The molecule has 1 atom stereocenters. The molecular formula is C15H16ClN3O4S. The summed E-state index contributed by atoms with van der Waals surface area (Å²) < 4.78 is 23.5. The molecule has 2 amide bonds. The summed E-state index contributed by atoms with van der Waals surface area (Å²) in [6.07, 6.45) is 0.261. The Balaban J connectivity index is 1.91. The van der Waals surface area contributed by atoms with Crippen molar-refractivity contribution in [2.75, 3.05) is 22.4 Å². The Kier molecular flexibility index (Phi) is 4.60. The lowest BCUT2D eigenvalue weighted by Gasteiger charge is -2.26. The van der Waals surface area contributed by atoms with E-state index in [-0.39, 0.29) is 35.5 Å². The SMILES string of the molecule is O=C1CC(N(C(=O)CCl)C2CCS(=O)(=O)C2)=NN1c1ccccc1. The van der Waals surface area contributed by atoms with E-state index >= 15 is 0 Å². The Bertz CT molecular complexity index is 794. The third kappa shape index (κ3) is 3.29. The van der Waals surface area contributed by atoms with Crippen molar-refractivity contribution in [2.24, 2.45) is 5.10 Å². The monoisotopic (exact) mass is 369 g/mol. The molecule has 1 unspecified atom stereocenters. The number of sulfone groups is 1. The largest absolute Gasteiger partial charge is 0.293 e. The number of anilines is 1. The molecule has 0 spiro atoms. The van der Waals surface area contributed by atoms with Crippen LogP contribution in [0.2, 0.25) is 0 Å². The van der Waals surface area contributed by atoms with Crippen LogP contribution in [0.5, 0.6) is 0 Å². The molecule has 2 aliphatic heterocycles. The average Bonchev–Trinajstić information content (AvgIpc) is 3.11. The fourth-order valence-electron chi connectivity index (χ4n) is 2.92. The molecule has 7 nitrogen and oxygen atoms in total. The van der Waals surface area contributed by atoms with Crippen molar-refractivity contribution in [1.29, 1.82) is 0 Å². The predicted octanol–water partition coefficient (Wildman–Crippen LogP) is 0.991. The molecule has 1 aromatic rings. The molecule has 0 aliphatic carbocycles.